The highest BCUT2D eigenvalue weighted by atomic mass is 79.9. The summed E-state index contributed by atoms with van der Waals surface area (Å²) in [6.45, 7) is 0.367. The highest BCUT2D eigenvalue weighted by Crippen LogP contribution is 2.46. The minimum atomic E-state index is -1.02. The van der Waals surface area contributed by atoms with Crippen molar-refractivity contribution >= 4 is 86.1 Å². The van der Waals surface area contributed by atoms with Crippen molar-refractivity contribution < 1.29 is 9.53 Å². The lowest BCUT2D eigenvalue weighted by atomic mass is 10.2. The molecule has 1 aromatic carbocycles. The second-order valence-electron chi connectivity index (χ2n) is 2.45. The molecule has 0 amide bonds. The summed E-state index contributed by atoms with van der Waals surface area (Å²) in [4.78, 5) is 10.3. The third-order valence-electron chi connectivity index (χ3n) is 1.54. The highest BCUT2D eigenvalue weighted by Gasteiger charge is 2.30. The maximum atomic E-state index is 10.3. The van der Waals surface area contributed by atoms with Crippen LogP contribution in [0.15, 0.2) is 25.6 Å². The van der Waals surface area contributed by atoms with Crippen LogP contribution in [0.3, 0.4) is 0 Å². The average molecular weight is 531 g/mol. The van der Waals surface area contributed by atoms with E-state index in [1.54, 1.807) is 0 Å². The second-order valence-corrected chi connectivity index (χ2v) is 8.19. The van der Waals surface area contributed by atoms with Crippen LogP contribution in [-0.2, 0) is 13.0 Å². The Labute approximate surface area is 129 Å². The summed E-state index contributed by atoms with van der Waals surface area (Å²) in [5, 5.41) is 0. The fourth-order valence-corrected chi connectivity index (χ4v) is 3.79. The summed E-state index contributed by atoms with van der Waals surface area (Å²) in [6, 6.07) is 3.65. The van der Waals surface area contributed by atoms with Gasteiger partial charge in [0.2, 0.25) is 3.42 Å². The quantitative estimate of drug-likeness (QED) is 0.311. The zero-order chi connectivity index (χ0) is 11.6. The lowest BCUT2D eigenvalue weighted by Gasteiger charge is -2.20. The van der Waals surface area contributed by atoms with Gasteiger partial charge in [0.05, 0.1) is 0 Å². The molecule has 0 atom stereocenters. The molecule has 7 heteroatoms. The largest absolute Gasteiger partial charge is 0.435 e. The molecule has 1 aromatic rings. The Hall–Kier alpha value is 1.09. The number of benzene rings is 1. The van der Waals surface area contributed by atoms with E-state index in [1.807, 2.05) is 12.1 Å². The van der Waals surface area contributed by atoms with Crippen LogP contribution in [0.25, 0.3) is 0 Å². The summed E-state index contributed by atoms with van der Waals surface area (Å²) >= 11 is 16.7. The average Bonchev–Trinajstić information content (AvgIpc) is 2.13. The third-order valence-corrected chi connectivity index (χ3v) is 6.15. The lowest BCUT2D eigenvalue weighted by Crippen LogP contribution is -2.14. The van der Waals surface area contributed by atoms with Crippen LogP contribution in [0, 0.1) is 0 Å². The molecular weight excluding hydrogens is 528 g/mol. The van der Waals surface area contributed by atoms with E-state index in [0.717, 1.165) is 19.0 Å². The maximum absolute atomic E-state index is 10.3. The van der Waals surface area contributed by atoms with Crippen molar-refractivity contribution in [3.8, 4) is 0 Å². The van der Waals surface area contributed by atoms with Crippen molar-refractivity contribution in [2.45, 2.75) is 3.42 Å². The van der Waals surface area contributed by atoms with Crippen LogP contribution < -0.4 is 0 Å². The first-order valence-electron chi connectivity index (χ1n) is 3.53. The van der Waals surface area contributed by atoms with Crippen LogP contribution in [-0.4, -0.2) is 6.47 Å². The van der Waals surface area contributed by atoms with Crippen molar-refractivity contribution in [3.63, 3.8) is 0 Å². The van der Waals surface area contributed by atoms with E-state index in [4.69, 9.17) is 4.74 Å². The molecule has 0 saturated carbocycles. The minimum absolute atomic E-state index is 0.367. The molecule has 0 unspecified atom stereocenters. The molecule has 0 N–H and O–H groups in total. The van der Waals surface area contributed by atoms with Crippen LogP contribution >= 0.6 is 79.6 Å². The van der Waals surface area contributed by atoms with Crippen molar-refractivity contribution in [1.29, 1.82) is 0 Å². The predicted octanol–water partition coefficient (Wildman–Crippen LogP) is 5.05. The van der Waals surface area contributed by atoms with Gasteiger partial charge in [0.15, 0.2) is 0 Å². The molecule has 15 heavy (non-hydrogen) atoms. The van der Waals surface area contributed by atoms with E-state index in [9.17, 15) is 4.79 Å². The summed E-state index contributed by atoms with van der Waals surface area (Å²) < 4.78 is 6.39. The van der Waals surface area contributed by atoms with Gasteiger partial charge >= 0.3 is 0 Å². The van der Waals surface area contributed by atoms with Crippen LogP contribution in [0.4, 0.5) is 0 Å². The molecular formula is C8H3Br5O2. The van der Waals surface area contributed by atoms with Crippen molar-refractivity contribution in [2.75, 3.05) is 0 Å². The van der Waals surface area contributed by atoms with Gasteiger partial charge < -0.3 is 4.74 Å². The molecule has 0 aliphatic rings. The molecule has 0 aliphatic carbocycles. The third kappa shape index (κ3) is 3.28. The van der Waals surface area contributed by atoms with Crippen molar-refractivity contribution in [1.82, 2.24) is 0 Å². The van der Waals surface area contributed by atoms with Crippen LogP contribution in [0.2, 0.25) is 0 Å². The van der Waals surface area contributed by atoms with Gasteiger partial charge in [-0.2, -0.15) is 0 Å². The van der Waals surface area contributed by atoms with Gasteiger partial charge in [0, 0.05) is 19.0 Å². The minimum Gasteiger partial charge on any atom is -0.435 e. The zero-order valence-corrected chi connectivity index (χ0v) is 14.9. The smallest absolute Gasteiger partial charge is 0.295 e. The molecule has 0 aromatic heterocycles. The molecule has 0 radical (unpaired) electrons. The first kappa shape index (κ1) is 14.2. The molecule has 0 saturated heterocycles. The Morgan fingerprint density at radius 3 is 2.27 bits per heavy atom. The molecule has 0 bridgehead atoms. The molecule has 1 rings (SSSR count). The molecule has 2 nitrogen and oxygen atoms in total. The van der Waals surface area contributed by atoms with E-state index in [-0.39, 0.29) is 0 Å². The molecule has 82 valence electrons. The highest BCUT2D eigenvalue weighted by molar-refractivity contribution is 9.24. The van der Waals surface area contributed by atoms with Crippen LogP contribution in [0.1, 0.15) is 5.56 Å². The van der Waals surface area contributed by atoms with E-state index >= 15 is 0 Å². The summed E-state index contributed by atoms with van der Waals surface area (Å²) in [7, 11) is 0. The number of halogens is 5. The van der Waals surface area contributed by atoms with E-state index in [0.29, 0.717) is 6.47 Å². The second kappa shape index (κ2) is 5.62. The summed E-state index contributed by atoms with van der Waals surface area (Å²) in [5.41, 5.74) is 0.740. The topological polar surface area (TPSA) is 26.3 Å². The zero-order valence-electron chi connectivity index (χ0n) is 6.94. The van der Waals surface area contributed by atoms with Gasteiger partial charge in [0.25, 0.3) is 6.47 Å². The van der Waals surface area contributed by atoms with Crippen molar-refractivity contribution in [2.24, 2.45) is 0 Å². The monoisotopic (exact) mass is 526 g/mol. The molecule has 0 heterocycles. The molecule has 0 fully saturated rings. The molecule has 0 spiro atoms. The first-order valence-corrected chi connectivity index (χ1v) is 7.50. The number of carbonyl (C=O) groups is 1. The molecule has 0 aliphatic heterocycles. The number of alkyl halides is 2. The normalized spacial score (nSPS) is 11.3. The SMILES string of the molecule is O=COC(Br)(Br)c1ccc(Br)c(Br)c1Br. The standard InChI is InChI=1S/C8H3Br5O2/c9-5-2-1-4(6(10)7(5)11)8(12,13)15-3-14/h1-3H. The summed E-state index contributed by atoms with van der Waals surface area (Å²) in [6.07, 6.45) is 0. The van der Waals surface area contributed by atoms with E-state index in [1.165, 1.54) is 0 Å². The fourth-order valence-electron chi connectivity index (χ4n) is 0.875. The number of carbonyl (C=O) groups excluding carboxylic acids is 1. The fraction of sp³-hybridized carbons (Fsp3) is 0.125. The Balaban J connectivity index is 3.26. The van der Waals surface area contributed by atoms with Gasteiger partial charge in [-0.05, 0) is 85.7 Å². The van der Waals surface area contributed by atoms with Gasteiger partial charge in [0.1, 0.15) is 0 Å². The van der Waals surface area contributed by atoms with Gasteiger partial charge in [-0.25, -0.2) is 0 Å². The van der Waals surface area contributed by atoms with Gasteiger partial charge in [-0.3, -0.25) is 4.79 Å². The van der Waals surface area contributed by atoms with E-state index < -0.39 is 3.42 Å². The number of ether oxygens (including phenoxy) is 1. The van der Waals surface area contributed by atoms with Gasteiger partial charge in [-0.15, -0.1) is 0 Å². The number of hydrogen-bond donors (Lipinski definition) is 0. The van der Waals surface area contributed by atoms with Crippen LogP contribution in [0.5, 0.6) is 0 Å². The number of rotatable bonds is 3. The first-order chi connectivity index (χ1) is 6.90. The Kier molecular flexibility index (Phi) is 5.30. The predicted molar refractivity (Wildman–Crippen MR) is 76.2 cm³/mol. The van der Waals surface area contributed by atoms with E-state index in [2.05, 4.69) is 79.6 Å². The lowest BCUT2D eigenvalue weighted by molar-refractivity contribution is -0.131. The van der Waals surface area contributed by atoms with Gasteiger partial charge in [-0.1, -0.05) is 6.07 Å². The Morgan fingerprint density at radius 2 is 1.73 bits per heavy atom. The summed E-state index contributed by atoms with van der Waals surface area (Å²) in [5.74, 6) is 0. The van der Waals surface area contributed by atoms with Crippen molar-refractivity contribution in [3.05, 3.63) is 31.1 Å². The Morgan fingerprint density at radius 1 is 1.13 bits per heavy atom. The number of hydrogen-bond acceptors (Lipinski definition) is 2. The Bertz CT molecular complexity index is 391. The maximum Gasteiger partial charge on any atom is 0.295 e.